The molecule has 0 aliphatic carbocycles. The number of halogens is 1. The first-order valence-electron chi connectivity index (χ1n) is 6.59. The Bertz CT molecular complexity index is 687. The van der Waals surface area contributed by atoms with E-state index in [0.29, 0.717) is 30.3 Å². The number of hydrogen-bond donors (Lipinski definition) is 0. The van der Waals surface area contributed by atoms with Gasteiger partial charge in [-0.25, -0.2) is 0 Å². The van der Waals surface area contributed by atoms with Gasteiger partial charge in [-0.2, -0.15) is 0 Å². The summed E-state index contributed by atoms with van der Waals surface area (Å²) >= 11 is 2.22. The van der Waals surface area contributed by atoms with Crippen LogP contribution in [-0.2, 0) is 0 Å². The number of carbonyl (C=O) groups is 1. The third kappa shape index (κ3) is 2.83. The number of ether oxygens (including phenoxy) is 2. The van der Waals surface area contributed by atoms with Crippen molar-refractivity contribution in [1.82, 2.24) is 0 Å². The molecule has 0 atom stereocenters. The van der Waals surface area contributed by atoms with Crippen molar-refractivity contribution in [1.29, 1.82) is 0 Å². The lowest BCUT2D eigenvalue weighted by molar-refractivity contribution is 0.0991. The van der Waals surface area contributed by atoms with Gasteiger partial charge >= 0.3 is 0 Å². The fourth-order valence-corrected chi connectivity index (χ4v) is 2.95. The molecule has 2 aromatic carbocycles. The number of amides is 1. The third-order valence-electron chi connectivity index (χ3n) is 3.31. The maximum Gasteiger partial charge on any atom is 0.258 e. The van der Waals surface area contributed by atoms with Crippen molar-refractivity contribution in [3.05, 3.63) is 51.6 Å². The Morgan fingerprint density at radius 2 is 1.81 bits per heavy atom. The molecule has 0 fully saturated rings. The van der Waals surface area contributed by atoms with Crippen molar-refractivity contribution in [3.8, 4) is 11.5 Å². The summed E-state index contributed by atoms with van der Waals surface area (Å²) in [6.07, 6.45) is 0. The first kappa shape index (κ1) is 14.2. The lowest BCUT2D eigenvalue weighted by Gasteiger charge is -2.21. The molecule has 0 bridgehead atoms. The Labute approximate surface area is 136 Å². The molecule has 0 radical (unpaired) electrons. The summed E-state index contributed by atoms with van der Waals surface area (Å²) in [4.78, 5) is 14.3. The summed E-state index contributed by atoms with van der Waals surface area (Å²) < 4.78 is 12.0. The topological polar surface area (TPSA) is 38.8 Å². The fourth-order valence-electron chi connectivity index (χ4n) is 2.20. The highest BCUT2D eigenvalue weighted by Crippen LogP contribution is 2.31. The molecule has 21 heavy (non-hydrogen) atoms. The van der Waals surface area contributed by atoms with Gasteiger partial charge in [-0.05, 0) is 52.9 Å². The third-order valence-corrected chi connectivity index (χ3v) is 4.22. The van der Waals surface area contributed by atoms with E-state index >= 15 is 0 Å². The predicted molar refractivity (Wildman–Crippen MR) is 89.3 cm³/mol. The minimum atomic E-state index is -0.0731. The molecule has 2 aromatic rings. The van der Waals surface area contributed by atoms with Gasteiger partial charge in [0.15, 0.2) is 11.5 Å². The van der Waals surface area contributed by atoms with Crippen molar-refractivity contribution in [3.63, 3.8) is 0 Å². The minimum Gasteiger partial charge on any atom is -0.486 e. The first-order chi connectivity index (χ1) is 10.2. The standard InChI is InChI=1S/C16H14INO3/c1-18(13-5-3-2-4-12(13)17)16(19)11-6-7-14-15(10-11)21-9-8-20-14/h2-7,10H,8-9H2,1H3. The van der Waals surface area contributed by atoms with E-state index in [9.17, 15) is 4.79 Å². The molecule has 0 unspecified atom stereocenters. The number of carbonyl (C=O) groups excluding carboxylic acids is 1. The largest absolute Gasteiger partial charge is 0.486 e. The number of para-hydroxylation sites is 1. The second kappa shape index (κ2) is 5.93. The zero-order chi connectivity index (χ0) is 14.8. The highest BCUT2D eigenvalue weighted by molar-refractivity contribution is 14.1. The molecule has 0 saturated carbocycles. The number of rotatable bonds is 2. The molecule has 0 N–H and O–H groups in total. The average molecular weight is 395 g/mol. The van der Waals surface area contributed by atoms with Crippen molar-refractivity contribution < 1.29 is 14.3 Å². The summed E-state index contributed by atoms with van der Waals surface area (Å²) in [5, 5.41) is 0. The average Bonchev–Trinajstić information content (AvgIpc) is 2.53. The van der Waals surface area contributed by atoms with Gasteiger partial charge < -0.3 is 14.4 Å². The molecule has 1 amide bonds. The monoisotopic (exact) mass is 395 g/mol. The molecule has 1 aliphatic rings. The Hall–Kier alpha value is -1.76. The molecule has 1 heterocycles. The number of nitrogens with zero attached hydrogens (tertiary/aromatic N) is 1. The van der Waals surface area contributed by atoms with Crippen LogP contribution in [0.25, 0.3) is 0 Å². The van der Waals surface area contributed by atoms with Gasteiger partial charge in [0, 0.05) is 16.2 Å². The van der Waals surface area contributed by atoms with Crippen LogP contribution in [0.4, 0.5) is 5.69 Å². The molecule has 0 aromatic heterocycles. The summed E-state index contributed by atoms with van der Waals surface area (Å²) in [7, 11) is 1.77. The van der Waals surface area contributed by atoms with Crippen LogP contribution >= 0.6 is 22.6 Å². The van der Waals surface area contributed by atoms with Gasteiger partial charge in [0.2, 0.25) is 0 Å². The highest BCUT2D eigenvalue weighted by Gasteiger charge is 2.19. The van der Waals surface area contributed by atoms with Crippen LogP contribution in [0.3, 0.4) is 0 Å². The van der Waals surface area contributed by atoms with Crippen LogP contribution < -0.4 is 14.4 Å². The molecule has 5 heteroatoms. The van der Waals surface area contributed by atoms with Crippen LogP contribution in [0.15, 0.2) is 42.5 Å². The second-order valence-corrected chi connectivity index (χ2v) is 5.84. The molecule has 0 saturated heterocycles. The predicted octanol–water partition coefficient (Wildman–Crippen LogP) is 3.34. The molecule has 1 aliphatic heterocycles. The SMILES string of the molecule is CN(C(=O)c1ccc2c(c1)OCCO2)c1ccccc1I. The van der Waals surface area contributed by atoms with Crippen molar-refractivity contribution in [2.45, 2.75) is 0 Å². The molecule has 4 nitrogen and oxygen atoms in total. The van der Waals surface area contributed by atoms with E-state index < -0.39 is 0 Å². The van der Waals surface area contributed by atoms with E-state index in [1.165, 1.54) is 0 Å². The Balaban J connectivity index is 1.90. The Kier molecular flexibility index (Phi) is 4.01. The van der Waals surface area contributed by atoms with Crippen LogP contribution in [0.5, 0.6) is 11.5 Å². The molecule has 3 rings (SSSR count). The quantitative estimate of drug-likeness (QED) is 0.733. The van der Waals surface area contributed by atoms with Crippen LogP contribution in [0.1, 0.15) is 10.4 Å². The number of fused-ring (bicyclic) bond motifs is 1. The minimum absolute atomic E-state index is 0.0731. The zero-order valence-corrected chi connectivity index (χ0v) is 13.7. The van der Waals surface area contributed by atoms with Crippen LogP contribution in [0.2, 0.25) is 0 Å². The summed E-state index contributed by atoms with van der Waals surface area (Å²) in [6.45, 7) is 1.06. The normalized spacial score (nSPS) is 12.9. The molecule has 108 valence electrons. The smallest absolute Gasteiger partial charge is 0.258 e. The van der Waals surface area contributed by atoms with Gasteiger partial charge in [0.05, 0.1) is 5.69 Å². The first-order valence-corrected chi connectivity index (χ1v) is 7.67. The van der Waals surface area contributed by atoms with E-state index in [0.717, 1.165) is 9.26 Å². The van der Waals surface area contributed by atoms with Gasteiger partial charge in [-0.3, -0.25) is 4.79 Å². The summed E-state index contributed by atoms with van der Waals surface area (Å²) in [5.74, 6) is 1.24. The van der Waals surface area contributed by atoms with Crippen molar-refractivity contribution in [2.75, 3.05) is 25.2 Å². The Morgan fingerprint density at radius 1 is 1.10 bits per heavy atom. The molecular formula is C16H14INO3. The van der Waals surface area contributed by atoms with Crippen molar-refractivity contribution >= 4 is 34.2 Å². The second-order valence-electron chi connectivity index (χ2n) is 4.67. The molecule has 0 spiro atoms. The molecular weight excluding hydrogens is 381 g/mol. The van der Waals surface area contributed by atoms with E-state index in [2.05, 4.69) is 22.6 Å². The maximum absolute atomic E-state index is 12.6. The maximum atomic E-state index is 12.6. The lowest BCUT2D eigenvalue weighted by atomic mass is 10.1. The fraction of sp³-hybridized carbons (Fsp3) is 0.188. The highest BCUT2D eigenvalue weighted by atomic mass is 127. The zero-order valence-electron chi connectivity index (χ0n) is 11.5. The summed E-state index contributed by atoms with van der Waals surface area (Å²) in [6, 6.07) is 13.1. The van der Waals surface area contributed by atoms with Gasteiger partial charge in [0.1, 0.15) is 13.2 Å². The van der Waals surface area contributed by atoms with E-state index in [-0.39, 0.29) is 5.91 Å². The van der Waals surface area contributed by atoms with E-state index in [4.69, 9.17) is 9.47 Å². The number of benzene rings is 2. The van der Waals surface area contributed by atoms with Gasteiger partial charge in [-0.1, -0.05) is 12.1 Å². The van der Waals surface area contributed by atoms with Crippen LogP contribution in [0, 0.1) is 3.57 Å². The Morgan fingerprint density at radius 3 is 2.57 bits per heavy atom. The number of anilines is 1. The van der Waals surface area contributed by atoms with E-state index in [1.807, 2.05) is 24.3 Å². The van der Waals surface area contributed by atoms with Crippen LogP contribution in [-0.4, -0.2) is 26.2 Å². The summed E-state index contributed by atoms with van der Waals surface area (Å²) in [5.41, 5.74) is 1.47. The lowest BCUT2D eigenvalue weighted by Crippen LogP contribution is -2.27. The van der Waals surface area contributed by atoms with E-state index in [1.54, 1.807) is 30.1 Å². The van der Waals surface area contributed by atoms with Crippen molar-refractivity contribution in [2.24, 2.45) is 0 Å². The number of hydrogen-bond acceptors (Lipinski definition) is 3. The van der Waals surface area contributed by atoms with Gasteiger partial charge in [-0.15, -0.1) is 0 Å². The van der Waals surface area contributed by atoms with Gasteiger partial charge in [0.25, 0.3) is 5.91 Å².